The van der Waals surface area contributed by atoms with Crippen LogP contribution in [-0.2, 0) is 16.9 Å². The van der Waals surface area contributed by atoms with Crippen LogP contribution in [-0.4, -0.2) is 24.2 Å². The highest BCUT2D eigenvalue weighted by molar-refractivity contribution is 5.92. The molecule has 2 atom stereocenters. The molecule has 0 bridgehead atoms. The van der Waals surface area contributed by atoms with Crippen molar-refractivity contribution in [3.05, 3.63) is 94.6 Å². The van der Waals surface area contributed by atoms with Crippen LogP contribution in [0.5, 0.6) is 0 Å². The van der Waals surface area contributed by atoms with E-state index < -0.39 is 5.67 Å². The predicted molar refractivity (Wildman–Crippen MR) is 225 cm³/mol. The normalized spacial score (nSPS) is 17.4. The van der Waals surface area contributed by atoms with Crippen molar-refractivity contribution in [2.75, 3.05) is 18.5 Å². The summed E-state index contributed by atoms with van der Waals surface area (Å²) >= 11 is 0. The number of amides is 1. The van der Waals surface area contributed by atoms with E-state index in [1.807, 2.05) is 44.2 Å². The molecule has 0 spiro atoms. The summed E-state index contributed by atoms with van der Waals surface area (Å²) in [6.45, 7) is 25.0. The minimum atomic E-state index is -1.36. The Morgan fingerprint density at radius 3 is 2.17 bits per heavy atom. The van der Waals surface area contributed by atoms with E-state index in [-0.39, 0.29) is 17.9 Å². The zero-order valence-corrected chi connectivity index (χ0v) is 34.8. The van der Waals surface area contributed by atoms with Crippen LogP contribution in [0.25, 0.3) is 5.70 Å². The molecule has 0 radical (unpaired) electrons. The van der Waals surface area contributed by atoms with Gasteiger partial charge in [0.1, 0.15) is 5.67 Å². The fourth-order valence-corrected chi connectivity index (χ4v) is 6.56. The van der Waals surface area contributed by atoms with Crippen LogP contribution >= 0.6 is 0 Å². The fourth-order valence-electron chi connectivity index (χ4n) is 6.56. The maximum absolute atomic E-state index is 14.2. The molecule has 2 aromatic rings. The van der Waals surface area contributed by atoms with Crippen LogP contribution in [0.3, 0.4) is 0 Å². The summed E-state index contributed by atoms with van der Waals surface area (Å²) in [4.78, 5) is 13.4. The first-order valence-electron chi connectivity index (χ1n) is 20.4. The first kappa shape index (κ1) is 46.8. The van der Waals surface area contributed by atoms with Gasteiger partial charge in [-0.25, -0.2) is 4.39 Å². The van der Waals surface area contributed by atoms with Crippen LogP contribution in [0.2, 0.25) is 0 Å². The number of nitrogens with one attached hydrogen (secondary N) is 2. The Hall–Kier alpha value is -3.18. The standard InChI is InChI=1S/C25H38FNO.C13H21NO.C7H10.C2H6/c1-7-15-25(16-13-18(3)8-2)17-14-19(4)22(27-23(25)28)20-9-11-21(12-10-20)24(5,6)26;1-3-5-12-6-7-13(10-11(12)2)14-8-4-9-15;1-2-4-7-5-3-6-7;1-2/h9-12,18H,7-8,13-17H2,1-6H3,(H,27,28);6-7,10,14-15H,3-5,8-9H2,1-2H3;2,4H,1,3,5-6H2;1-2H3. The number of carbonyl (C=O) groups excluding carboxylic acids is 1. The molecule has 292 valence electrons. The van der Waals surface area contributed by atoms with Crippen molar-refractivity contribution < 1.29 is 14.3 Å². The van der Waals surface area contributed by atoms with E-state index in [4.69, 9.17) is 5.11 Å². The molecule has 5 heteroatoms. The number of alkyl halides is 1. The molecule has 1 aliphatic carbocycles. The van der Waals surface area contributed by atoms with Gasteiger partial charge in [0.15, 0.2) is 0 Å². The number of allylic oxidation sites excluding steroid dienone is 4. The van der Waals surface area contributed by atoms with Crippen molar-refractivity contribution in [1.82, 2.24) is 5.32 Å². The lowest BCUT2D eigenvalue weighted by Crippen LogP contribution is -2.39. The molecule has 1 aliphatic heterocycles. The van der Waals surface area contributed by atoms with Crippen LogP contribution in [0, 0.1) is 18.3 Å². The molecular weight excluding hydrogens is 644 g/mol. The number of aryl methyl sites for hydroxylation is 2. The van der Waals surface area contributed by atoms with Crippen molar-refractivity contribution >= 4 is 17.3 Å². The third-order valence-corrected chi connectivity index (χ3v) is 10.4. The summed E-state index contributed by atoms with van der Waals surface area (Å²) < 4.78 is 14.2. The van der Waals surface area contributed by atoms with Gasteiger partial charge in [-0.05, 0) is 138 Å². The fraction of sp³-hybridized carbons (Fsp3) is 0.596. The number of rotatable bonds is 15. The third-order valence-electron chi connectivity index (χ3n) is 10.4. The van der Waals surface area contributed by atoms with Crippen LogP contribution < -0.4 is 10.6 Å². The maximum atomic E-state index is 14.2. The van der Waals surface area contributed by atoms with Crippen molar-refractivity contribution in [3.63, 3.8) is 0 Å². The van der Waals surface area contributed by atoms with Gasteiger partial charge in [-0.15, -0.1) is 0 Å². The Kier molecular flexibility index (Phi) is 22.5. The van der Waals surface area contributed by atoms with Crippen LogP contribution in [0.1, 0.15) is 162 Å². The number of aliphatic hydroxyl groups excluding tert-OH is 1. The van der Waals surface area contributed by atoms with Gasteiger partial charge in [-0.3, -0.25) is 4.79 Å². The summed E-state index contributed by atoms with van der Waals surface area (Å²) in [6, 6.07) is 14.0. The molecule has 1 heterocycles. The van der Waals surface area contributed by atoms with Gasteiger partial charge in [0.25, 0.3) is 0 Å². The van der Waals surface area contributed by atoms with Gasteiger partial charge in [0.05, 0.1) is 0 Å². The van der Waals surface area contributed by atoms with Crippen molar-refractivity contribution in [1.29, 1.82) is 0 Å². The van der Waals surface area contributed by atoms with Gasteiger partial charge in [-0.2, -0.15) is 0 Å². The molecule has 2 aromatic carbocycles. The Labute approximate surface area is 318 Å². The summed E-state index contributed by atoms with van der Waals surface area (Å²) in [7, 11) is 0. The van der Waals surface area contributed by atoms with E-state index >= 15 is 0 Å². The summed E-state index contributed by atoms with van der Waals surface area (Å²) in [5.74, 6) is 0.814. The number of carbonyl (C=O) groups is 1. The number of anilines is 1. The van der Waals surface area contributed by atoms with E-state index in [0.717, 1.165) is 81.3 Å². The molecule has 52 heavy (non-hydrogen) atoms. The predicted octanol–water partition coefficient (Wildman–Crippen LogP) is 13.2. The number of benzene rings is 2. The first-order chi connectivity index (χ1) is 24.8. The highest BCUT2D eigenvalue weighted by atomic mass is 19.1. The molecule has 1 saturated carbocycles. The Balaban J connectivity index is 0.000000465. The topological polar surface area (TPSA) is 61.4 Å². The lowest BCUT2D eigenvalue weighted by molar-refractivity contribution is -0.131. The molecule has 0 aromatic heterocycles. The average Bonchev–Trinajstić information content (AvgIpc) is 3.23. The number of hydrogen-bond donors (Lipinski definition) is 3. The molecule has 2 unspecified atom stereocenters. The SMILES string of the molecule is C=CC=C1CCC1.CC.CCCC1(CCC(C)CC)CCC(C)=C(c2ccc(C(C)(C)F)cc2)NC1=O.CCCc1ccc(NCCCO)cc1C. The highest BCUT2D eigenvalue weighted by Crippen LogP contribution is 2.41. The number of hydrogen-bond acceptors (Lipinski definition) is 3. The third kappa shape index (κ3) is 15.8. The van der Waals surface area contributed by atoms with Crippen molar-refractivity contribution in [2.45, 2.75) is 158 Å². The first-order valence-corrected chi connectivity index (χ1v) is 20.4. The summed E-state index contributed by atoms with van der Waals surface area (Å²) in [5.41, 5.74) is 7.61. The molecule has 3 N–H and O–H groups in total. The van der Waals surface area contributed by atoms with Gasteiger partial charge >= 0.3 is 0 Å². The van der Waals surface area contributed by atoms with E-state index in [0.29, 0.717) is 11.5 Å². The molecule has 4 nitrogen and oxygen atoms in total. The lowest BCUT2D eigenvalue weighted by Gasteiger charge is -2.32. The minimum Gasteiger partial charge on any atom is -0.396 e. The Bertz CT molecular complexity index is 1380. The minimum absolute atomic E-state index is 0.166. The van der Waals surface area contributed by atoms with Crippen LogP contribution in [0.4, 0.5) is 10.1 Å². The van der Waals surface area contributed by atoms with E-state index in [1.54, 1.807) is 19.4 Å². The monoisotopic (exact) mass is 719 g/mol. The molecule has 2 aliphatic rings. The second kappa shape index (κ2) is 24.9. The van der Waals surface area contributed by atoms with Gasteiger partial charge < -0.3 is 15.7 Å². The largest absolute Gasteiger partial charge is 0.396 e. The van der Waals surface area contributed by atoms with E-state index in [9.17, 15) is 9.18 Å². The quantitative estimate of drug-likeness (QED) is 0.161. The average molecular weight is 719 g/mol. The maximum Gasteiger partial charge on any atom is 0.230 e. The summed E-state index contributed by atoms with van der Waals surface area (Å²) in [5, 5.41) is 15.2. The number of halogens is 1. The van der Waals surface area contributed by atoms with Gasteiger partial charge in [0.2, 0.25) is 5.91 Å². The van der Waals surface area contributed by atoms with Gasteiger partial charge in [0, 0.05) is 30.0 Å². The molecule has 0 saturated heterocycles. The summed E-state index contributed by atoms with van der Waals surface area (Å²) in [6.07, 6.45) is 18.1. The Morgan fingerprint density at radius 1 is 1.02 bits per heavy atom. The van der Waals surface area contributed by atoms with Gasteiger partial charge in [-0.1, -0.05) is 115 Å². The Morgan fingerprint density at radius 2 is 1.69 bits per heavy atom. The molecular formula is C47H75FN2O2. The zero-order valence-electron chi connectivity index (χ0n) is 34.8. The smallest absolute Gasteiger partial charge is 0.230 e. The van der Waals surface area contributed by atoms with Crippen LogP contribution in [0.15, 0.2) is 72.3 Å². The zero-order chi connectivity index (χ0) is 39.2. The van der Waals surface area contributed by atoms with Crippen molar-refractivity contribution in [2.24, 2.45) is 11.3 Å². The number of aliphatic hydroxyl groups is 1. The second-order valence-corrected chi connectivity index (χ2v) is 15.1. The molecule has 1 fully saturated rings. The van der Waals surface area contributed by atoms with E-state index in [2.05, 4.69) is 83.0 Å². The second-order valence-electron chi connectivity index (χ2n) is 15.1. The molecule has 1 amide bonds. The lowest BCUT2D eigenvalue weighted by atomic mass is 9.73. The highest BCUT2D eigenvalue weighted by Gasteiger charge is 2.39. The van der Waals surface area contributed by atoms with E-state index in [1.165, 1.54) is 42.4 Å². The molecule has 4 rings (SSSR count). The van der Waals surface area contributed by atoms with Crippen molar-refractivity contribution in [3.8, 4) is 0 Å².